The van der Waals surface area contributed by atoms with Crippen LogP contribution >= 0.6 is 0 Å². The van der Waals surface area contributed by atoms with Crippen molar-refractivity contribution >= 4 is 15.7 Å². The van der Waals surface area contributed by atoms with Gasteiger partial charge in [-0.2, -0.15) is 0 Å². The maximum Gasteiger partial charge on any atom is 0.257 e. The van der Waals surface area contributed by atoms with Gasteiger partial charge in [-0.25, -0.2) is 8.42 Å². The maximum absolute atomic E-state index is 12.3. The number of amides is 1. The lowest BCUT2D eigenvalue weighted by atomic mass is 10.2. The standard InChI is InChI=1S/C13H21NO4S/c1-6-19(16,17)8-9(2)14(5)13(15)12-7-10(3)18-11(12)4/h7,9H,6,8H2,1-5H3. The second-order valence-electron chi connectivity index (χ2n) is 4.79. The molecular weight excluding hydrogens is 266 g/mol. The molecular formula is C13H21NO4S. The quantitative estimate of drug-likeness (QED) is 0.828. The SMILES string of the molecule is CCS(=O)(=O)CC(C)N(C)C(=O)c1cc(C)oc1C. The lowest BCUT2D eigenvalue weighted by Crippen LogP contribution is -2.39. The predicted octanol–water partition coefficient (Wildman–Crippen LogP) is 1.79. The minimum absolute atomic E-state index is 0.0262. The van der Waals surface area contributed by atoms with E-state index in [4.69, 9.17) is 4.42 Å². The van der Waals surface area contributed by atoms with Gasteiger partial charge in [0.2, 0.25) is 0 Å². The van der Waals surface area contributed by atoms with Gasteiger partial charge in [-0.1, -0.05) is 6.92 Å². The monoisotopic (exact) mass is 287 g/mol. The molecule has 0 fully saturated rings. The van der Waals surface area contributed by atoms with Crippen molar-refractivity contribution in [2.24, 2.45) is 0 Å². The Kier molecular flexibility index (Phi) is 4.79. The summed E-state index contributed by atoms with van der Waals surface area (Å²) in [6.07, 6.45) is 0. The van der Waals surface area contributed by atoms with E-state index in [1.54, 1.807) is 40.8 Å². The molecule has 6 heteroatoms. The molecule has 0 N–H and O–H groups in total. The number of rotatable bonds is 5. The Bertz CT molecular complexity index is 559. The first-order chi connectivity index (χ1) is 8.68. The van der Waals surface area contributed by atoms with E-state index in [2.05, 4.69) is 0 Å². The number of hydrogen-bond acceptors (Lipinski definition) is 4. The molecule has 0 bridgehead atoms. The number of nitrogens with zero attached hydrogens (tertiary/aromatic N) is 1. The molecule has 0 aliphatic rings. The molecule has 1 amide bonds. The maximum atomic E-state index is 12.3. The molecule has 19 heavy (non-hydrogen) atoms. The molecule has 0 aliphatic carbocycles. The summed E-state index contributed by atoms with van der Waals surface area (Å²) in [5.41, 5.74) is 0.487. The van der Waals surface area contributed by atoms with E-state index >= 15 is 0 Å². The van der Waals surface area contributed by atoms with Crippen molar-refractivity contribution < 1.29 is 17.6 Å². The fourth-order valence-corrected chi connectivity index (χ4v) is 3.02. The van der Waals surface area contributed by atoms with Crippen LogP contribution in [0.4, 0.5) is 0 Å². The van der Waals surface area contributed by atoms with Gasteiger partial charge in [0.25, 0.3) is 5.91 Å². The summed E-state index contributed by atoms with van der Waals surface area (Å²) in [5, 5.41) is 0. The van der Waals surface area contributed by atoms with Crippen LogP contribution in [0, 0.1) is 13.8 Å². The summed E-state index contributed by atoms with van der Waals surface area (Å²) >= 11 is 0. The van der Waals surface area contributed by atoms with E-state index in [-0.39, 0.29) is 23.5 Å². The van der Waals surface area contributed by atoms with Crippen molar-refractivity contribution in [1.82, 2.24) is 4.90 Å². The molecule has 1 rings (SSSR count). The molecule has 0 radical (unpaired) electrons. The van der Waals surface area contributed by atoms with Crippen LogP contribution in [-0.4, -0.2) is 43.8 Å². The van der Waals surface area contributed by atoms with Crippen molar-refractivity contribution in [3.05, 3.63) is 23.2 Å². The first kappa shape index (κ1) is 15.8. The normalized spacial score (nSPS) is 13.3. The van der Waals surface area contributed by atoms with Gasteiger partial charge in [-0.3, -0.25) is 4.79 Å². The number of sulfone groups is 1. The smallest absolute Gasteiger partial charge is 0.257 e. The van der Waals surface area contributed by atoms with Gasteiger partial charge < -0.3 is 9.32 Å². The summed E-state index contributed by atoms with van der Waals surface area (Å²) in [6.45, 7) is 6.83. The van der Waals surface area contributed by atoms with Crippen LogP contribution in [0.25, 0.3) is 0 Å². The third kappa shape index (κ3) is 3.83. The predicted molar refractivity (Wildman–Crippen MR) is 74.1 cm³/mol. The van der Waals surface area contributed by atoms with Crippen molar-refractivity contribution in [1.29, 1.82) is 0 Å². The summed E-state index contributed by atoms with van der Waals surface area (Å²) < 4.78 is 28.5. The zero-order chi connectivity index (χ0) is 14.8. The van der Waals surface area contributed by atoms with Crippen LogP contribution in [-0.2, 0) is 9.84 Å². The van der Waals surface area contributed by atoms with Crippen LogP contribution in [0.1, 0.15) is 35.7 Å². The number of carbonyl (C=O) groups excluding carboxylic acids is 1. The number of carbonyl (C=O) groups is 1. The summed E-state index contributed by atoms with van der Waals surface area (Å²) in [4.78, 5) is 13.7. The number of hydrogen-bond donors (Lipinski definition) is 0. The van der Waals surface area contributed by atoms with Crippen molar-refractivity contribution in [2.75, 3.05) is 18.6 Å². The summed E-state index contributed by atoms with van der Waals surface area (Å²) in [7, 11) is -1.49. The topological polar surface area (TPSA) is 67.6 Å². The molecule has 0 aliphatic heterocycles. The van der Waals surface area contributed by atoms with Crippen LogP contribution < -0.4 is 0 Å². The highest BCUT2D eigenvalue weighted by Crippen LogP contribution is 2.17. The van der Waals surface area contributed by atoms with Gasteiger partial charge >= 0.3 is 0 Å². The third-order valence-electron chi connectivity index (χ3n) is 3.19. The molecule has 1 heterocycles. The lowest BCUT2D eigenvalue weighted by molar-refractivity contribution is 0.0755. The Hall–Kier alpha value is -1.30. The lowest BCUT2D eigenvalue weighted by Gasteiger charge is -2.24. The van der Waals surface area contributed by atoms with Gasteiger partial charge in [0, 0.05) is 18.8 Å². The summed E-state index contributed by atoms with van der Waals surface area (Å²) in [6, 6.07) is 1.31. The van der Waals surface area contributed by atoms with Crippen LogP contribution in [0.3, 0.4) is 0 Å². The highest BCUT2D eigenvalue weighted by atomic mass is 32.2. The average molecular weight is 287 g/mol. The van der Waals surface area contributed by atoms with Crippen molar-refractivity contribution in [2.45, 2.75) is 33.7 Å². The van der Waals surface area contributed by atoms with Crippen molar-refractivity contribution in [3.8, 4) is 0 Å². The first-order valence-corrected chi connectivity index (χ1v) is 8.04. The van der Waals surface area contributed by atoms with E-state index in [1.807, 2.05) is 0 Å². The average Bonchev–Trinajstić information content (AvgIpc) is 2.66. The van der Waals surface area contributed by atoms with E-state index in [9.17, 15) is 13.2 Å². The minimum Gasteiger partial charge on any atom is -0.466 e. The van der Waals surface area contributed by atoms with Gasteiger partial charge in [0.1, 0.15) is 11.5 Å². The number of aryl methyl sites for hydroxylation is 2. The summed E-state index contributed by atoms with van der Waals surface area (Å²) in [5.74, 6) is 1.07. The molecule has 0 saturated heterocycles. The Morgan fingerprint density at radius 1 is 1.42 bits per heavy atom. The molecule has 1 unspecified atom stereocenters. The van der Waals surface area contributed by atoms with E-state index in [0.29, 0.717) is 17.1 Å². The largest absolute Gasteiger partial charge is 0.466 e. The highest BCUT2D eigenvalue weighted by Gasteiger charge is 2.24. The van der Waals surface area contributed by atoms with Crippen LogP contribution in [0.5, 0.6) is 0 Å². The van der Waals surface area contributed by atoms with Crippen LogP contribution in [0.2, 0.25) is 0 Å². The van der Waals surface area contributed by atoms with Gasteiger partial charge in [0.15, 0.2) is 9.84 Å². The molecule has 108 valence electrons. The second kappa shape index (κ2) is 5.77. The first-order valence-electron chi connectivity index (χ1n) is 6.22. The van der Waals surface area contributed by atoms with E-state index in [1.165, 1.54) is 4.90 Å². The second-order valence-corrected chi connectivity index (χ2v) is 7.19. The highest BCUT2D eigenvalue weighted by molar-refractivity contribution is 7.91. The molecule has 0 saturated carbocycles. The Morgan fingerprint density at radius 2 is 2.00 bits per heavy atom. The number of furan rings is 1. The van der Waals surface area contributed by atoms with E-state index < -0.39 is 9.84 Å². The fraction of sp³-hybridized carbons (Fsp3) is 0.615. The third-order valence-corrected chi connectivity index (χ3v) is 5.06. The zero-order valence-corrected chi connectivity index (χ0v) is 12.9. The Morgan fingerprint density at radius 3 is 2.42 bits per heavy atom. The van der Waals surface area contributed by atoms with Crippen molar-refractivity contribution in [3.63, 3.8) is 0 Å². The Labute approximate surface area is 114 Å². The van der Waals surface area contributed by atoms with Gasteiger partial charge in [-0.05, 0) is 26.8 Å². The Balaban J connectivity index is 2.86. The van der Waals surface area contributed by atoms with E-state index in [0.717, 1.165) is 0 Å². The molecule has 1 aromatic rings. The van der Waals surface area contributed by atoms with Gasteiger partial charge in [0.05, 0.1) is 11.3 Å². The van der Waals surface area contributed by atoms with Gasteiger partial charge in [-0.15, -0.1) is 0 Å². The molecule has 0 aromatic carbocycles. The zero-order valence-electron chi connectivity index (χ0n) is 12.1. The van der Waals surface area contributed by atoms with Crippen LogP contribution in [0.15, 0.2) is 10.5 Å². The molecule has 1 atom stereocenters. The molecule has 5 nitrogen and oxygen atoms in total. The molecule has 1 aromatic heterocycles. The molecule has 0 spiro atoms. The minimum atomic E-state index is -3.10. The fourth-order valence-electron chi connectivity index (χ4n) is 1.83.